The van der Waals surface area contributed by atoms with Crippen LogP contribution in [0.4, 0.5) is 14.7 Å². The van der Waals surface area contributed by atoms with E-state index in [9.17, 15) is 8.78 Å². The zero-order valence-electron chi connectivity index (χ0n) is 13.3. The molecular weight excluding hydrogens is 326 g/mol. The van der Waals surface area contributed by atoms with Crippen LogP contribution in [0.2, 0.25) is 0 Å². The van der Waals surface area contributed by atoms with Crippen LogP contribution in [-0.4, -0.2) is 21.7 Å². The number of para-hydroxylation sites is 1. The molecule has 0 amide bonds. The first-order chi connectivity index (χ1) is 12.1. The molecule has 0 aliphatic rings. The average molecular weight is 340 g/mol. The van der Waals surface area contributed by atoms with E-state index < -0.39 is 11.6 Å². The Morgan fingerprint density at radius 2 is 2.00 bits per heavy atom. The van der Waals surface area contributed by atoms with Gasteiger partial charge in [0, 0.05) is 11.8 Å². The lowest BCUT2D eigenvalue weighted by atomic mass is 10.1. The van der Waals surface area contributed by atoms with E-state index in [4.69, 9.17) is 10.5 Å². The van der Waals surface area contributed by atoms with Crippen molar-refractivity contribution in [2.24, 2.45) is 0 Å². The highest BCUT2D eigenvalue weighted by atomic mass is 19.1. The van der Waals surface area contributed by atoms with Gasteiger partial charge in [0.25, 0.3) is 0 Å². The maximum atomic E-state index is 13.9. The van der Waals surface area contributed by atoms with Gasteiger partial charge in [0.1, 0.15) is 22.9 Å². The number of anilines is 1. The maximum absolute atomic E-state index is 13.9. The number of nitrogens with zero attached hydrogens (tertiary/aromatic N) is 3. The van der Waals surface area contributed by atoms with Gasteiger partial charge in [0.05, 0.1) is 18.3 Å². The molecule has 0 saturated heterocycles. The van der Waals surface area contributed by atoms with Crippen molar-refractivity contribution < 1.29 is 13.5 Å². The number of ether oxygens (including phenoxy) is 1. The van der Waals surface area contributed by atoms with Crippen LogP contribution < -0.4 is 10.5 Å². The van der Waals surface area contributed by atoms with Gasteiger partial charge in [-0.25, -0.2) is 13.8 Å². The number of benzene rings is 2. The molecular formula is C18H14F2N4O. The predicted molar refractivity (Wildman–Crippen MR) is 90.6 cm³/mol. The third-order valence-corrected chi connectivity index (χ3v) is 4.08. The first kappa shape index (κ1) is 15.3. The van der Waals surface area contributed by atoms with E-state index in [1.165, 1.54) is 10.6 Å². The van der Waals surface area contributed by atoms with Gasteiger partial charge in [-0.15, -0.1) is 0 Å². The summed E-state index contributed by atoms with van der Waals surface area (Å²) in [7, 11) is 1.56. The van der Waals surface area contributed by atoms with E-state index in [1.54, 1.807) is 19.2 Å². The average Bonchev–Trinajstić information content (AvgIpc) is 3.02. The smallest absolute Gasteiger partial charge is 0.222 e. The van der Waals surface area contributed by atoms with E-state index in [1.807, 2.05) is 12.1 Å². The zero-order chi connectivity index (χ0) is 17.6. The number of aromatic nitrogens is 3. The molecule has 25 heavy (non-hydrogen) atoms. The van der Waals surface area contributed by atoms with Crippen molar-refractivity contribution in [2.45, 2.75) is 6.42 Å². The Bertz CT molecular complexity index is 1110. The fourth-order valence-electron chi connectivity index (χ4n) is 2.93. The summed E-state index contributed by atoms with van der Waals surface area (Å²) >= 11 is 0. The van der Waals surface area contributed by atoms with Crippen LogP contribution in [0.1, 0.15) is 11.3 Å². The second-order valence-electron chi connectivity index (χ2n) is 5.67. The Labute approximate surface area is 141 Å². The first-order valence-corrected chi connectivity index (χ1v) is 7.61. The monoisotopic (exact) mass is 340 g/mol. The van der Waals surface area contributed by atoms with Crippen LogP contribution in [0.15, 0.2) is 42.5 Å². The van der Waals surface area contributed by atoms with Crippen LogP contribution in [0.25, 0.3) is 16.4 Å². The Kier molecular flexibility index (Phi) is 3.49. The summed E-state index contributed by atoms with van der Waals surface area (Å²) in [5.41, 5.74) is 8.16. The molecule has 0 saturated carbocycles. The van der Waals surface area contributed by atoms with Crippen molar-refractivity contribution in [3.05, 3.63) is 65.4 Å². The van der Waals surface area contributed by atoms with Gasteiger partial charge >= 0.3 is 0 Å². The molecule has 4 aromatic rings. The molecule has 0 aliphatic heterocycles. The molecule has 0 fully saturated rings. The second kappa shape index (κ2) is 5.70. The van der Waals surface area contributed by atoms with Crippen LogP contribution in [0.5, 0.6) is 5.75 Å². The summed E-state index contributed by atoms with van der Waals surface area (Å²) in [6.07, 6.45) is 0.149. The quantitative estimate of drug-likeness (QED) is 0.621. The van der Waals surface area contributed by atoms with Crippen molar-refractivity contribution in [1.29, 1.82) is 0 Å². The minimum atomic E-state index is -0.489. The predicted octanol–water partition coefficient (Wildman–Crippen LogP) is 3.34. The number of methoxy groups -OCH3 is 1. The number of hydrogen-bond acceptors (Lipinski definition) is 4. The molecule has 0 radical (unpaired) electrons. The molecule has 2 aromatic heterocycles. The normalized spacial score (nSPS) is 11.3. The highest BCUT2D eigenvalue weighted by Gasteiger charge is 2.14. The molecule has 4 rings (SSSR count). The summed E-state index contributed by atoms with van der Waals surface area (Å²) in [5, 5.41) is 5.20. The minimum absolute atomic E-state index is 0.149. The summed E-state index contributed by atoms with van der Waals surface area (Å²) in [6.45, 7) is 0. The van der Waals surface area contributed by atoms with Crippen LogP contribution in [-0.2, 0) is 6.42 Å². The third-order valence-electron chi connectivity index (χ3n) is 4.08. The van der Waals surface area contributed by atoms with Gasteiger partial charge in [-0.3, -0.25) is 0 Å². The van der Waals surface area contributed by atoms with E-state index in [0.29, 0.717) is 17.0 Å². The van der Waals surface area contributed by atoms with Gasteiger partial charge in [0.15, 0.2) is 0 Å². The molecule has 2 heterocycles. The Morgan fingerprint density at radius 1 is 1.16 bits per heavy atom. The molecule has 0 bridgehead atoms. The highest BCUT2D eigenvalue weighted by molar-refractivity contribution is 5.97. The van der Waals surface area contributed by atoms with Gasteiger partial charge in [0.2, 0.25) is 5.95 Å². The van der Waals surface area contributed by atoms with E-state index in [0.717, 1.165) is 23.0 Å². The Balaban J connectivity index is 1.89. The summed E-state index contributed by atoms with van der Waals surface area (Å²) in [6, 6.07) is 10.7. The molecule has 126 valence electrons. The van der Waals surface area contributed by atoms with E-state index >= 15 is 0 Å². The molecule has 5 nitrogen and oxygen atoms in total. The summed E-state index contributed by atoms with van der Waals surface area (Å²) < 4.78 is 34.1. The van der Waals surface area contributed by atoms with Gasteiger partial charge in [-0.1, -0.05) is 12.1 Å². The van der Waals surface area contributed by atoms with Gasteiger partial charge < -0.3 is 10.5 Å². The number of fused-ring (bicyclic) bond motifs is 3. The molecule has 0 aliphatic carbocycles. The van der Waals surface area contributed by atoms with Gasteiger partial charge in [-0.2, -0.15) is 9.61 Å². The van der Waals surface area contributed by atoms with Crippen molar-refractivity contribution >= 4 is 22.4 Å². The van der Waals surface area contributed by atoms with Crippen LogP contribution in [0.3, 0.4) is 0 Å². The SMILES string of the molecule is COc1cccc2c1nc(N)n1nc(Cc3cc(F)ccc3F)cc21. The lowest BCUT2D eigenvalue weighted by Crippen LogP contribution is -2.03. The van der Waals surface area contributed by atoms with E-state index in [-0.39, 0.29) is 17.9 Å². The van der Waals surface area contributed by atoms with Crippen LogP contribution in [0, 0.1) is 11.6 Å². The second-order valence-corrected chi connectivity index (χ2v) is 5.67. The number of halogens is 2. The lowest BCUT2D eigenvalue weighted by Gasteiger charge is -2.07. The zero-order valence-corrected chi connectivity index (χ0v) is 13.3. The van der Waals surface area contributed by atoms with Gasteiger partial charge in [-0.05, 0) is 35.9 Å². The maximum Gasteiger partial charge on any atom is 0.222 e. The molecule has 2 aromatic carbocycles. The summed E-state index contributed by atoms with van der Waals surface area (Å²) in [5.74, 6) is -0.170. The van der Waals surface area contributed by atoms with Crippen molar-refractivity contribution in [1.82, 2.24) is 14.6 Å². The first-order valence-electron chi connectivity index (χ1n) is 7.61. The fourth-order valence-corrected chi connectivity index (χ4v) is 2.93. The molecule has 2 N–H and O–H groups in total. The minimum Gasteiger partial charge on any atom is -0.494 e. The summed E-state index contributed by atoms with van der Waals surface area (Å²) in [4.78, 5) is 4.35. The van der Waals surface area contributed by atoms with Crippen molar-refractivity contribution in [3.8, 4) is 5.75 Å². The van der Waals surface area contributed by atoms with Crippen molar-refractivity contribution in [3.63, 3.8) is 0 Å². The third kappa shape index (κ3) is 2.53. The highest BCUT2D eigenvalue weighted by Crippen LogP contribution is 2.29. The van der Waals surface area contributed by atoms with Crippen LogP contribution >= 0.6 is 0 Å². The number of rotatable bonds is 3. The molecule has 7 heteroatoms. The number of nitrogens with two attached hydrogens (primary N) is 1. The topological polar surface area (TPSA) is 65.4 Å². The lowest BCUT2D eigenvalue weighted by molar-refractivity contribution is 0.419. The largest absolute Gasteiger partial charge is 0.494 e. The fraction of sp³-hybridized carbons (Fsp3) is 0.111. The molecule has 0 atom stereocenters. The van der Waals surface area contributed by atoms with E-state index in [2.05, 4.69) is 10.1 Å². The standard InChI is InChI=1S/C18H14F2N4O/c1-25-16-4-2-3-13-15-9-12(23-24(15)18(21)22-17(13)16)8-10-7-11(19)5-6-14(10)20/h2-7,9H,8H2,1H3,(H2,21,22). The molecule has 0 spiro atoms. The molecule has 0 unspecified atom stereocenters. The Morgan fingerprint density at radius 3 is 2.80 bits per heavy atom. The van der Waals surface area contributed by atoms with Crippen molar-refractivity contribution in [2.75, 3.05) is 12.8 Å². The number of hydrogen-bond donors (Lipinski definition) is 1. The Hall–Kier alpha value is -3.22. The number of nitrogen functional groups attached to an aromatic ring is 1.